The molecule has 6 heteroatoms. The number of rotatable bonds is 5. The molecule has 1 saturated carbocycles. The van der Waals surface area contributed by atoms with Gasteiger partial charge in [-0.1, -0.05) is 12.8 Å². The third-order valence-corrected chi connectivity index (χ3v) is 4.59. The number of hydrogen-bond acceptors (Lipinski definition) is 6. The Bertz CT molecular complexity index is 592. The minimum atomic E-state index is -0.578. The van der Waals surface area contributed by atoms with Gasteiger partial charge in [-0.2, -0.15) is 4.98 Å². The maximum atomic E-state index is 10.4. The van der Waals surface area contributed by atoms with Crippen molar-refractivity contribution in [1.29, 1.82) is 0 Å². The Labute approximate surface area is 122 Å². The van der Waals surface area contributed by atoms with Gasteiger partial charge in [-0.3, -0.25) is 0 Å². The van der Waals surface area contributed by atoms with Gasteiger partial charge in [0.15, 0.2) is 0 Å². The molecule has 1 fully saturated rings. The maximum absolute atomic E-state index is 10.4. The van der Waals surface area contributed by atoms with Crippen LogP contribution in [0.1, 0.15) is 32.6 Å². The summed E-state index contributed by atoms with van der Waals surface area (Å²) in [7, 11) is 0. The molecule has 0 saturated heterocycles. The van der Waals surface area contributed by atoms with Crippen LogP contribution in [0.5, 0.6) is 0 Å². The van der Waals surface area contributed by atoms with Crippen LogP contribution >= 0.6 is 11.3 Å². The average Bonchev–Trinajstić information content (AvgIpc) is 3.06. The summed E-state index contributed by atoms with van der Waals surface area (Å²) in [4.78, 5) is 9.96. The first-order chi connectivity index (χ1) is 9.70. The van der Waals surface area contributed by atoms with Gasteiger partial charge in [-0.25, -0.2) is 4.98 Å². The van der Waals surface area contributed by atoms with Crippen molar-refractivity contribution >= 4 is 33.3 Å². The lowest BCUT2D eigenvalue weighted by Gasteiger charge is -2.23. The zero-order valence-corrected chi connectivity index (χ0v) is 12.5. The second-order valence-electron chi connectivity index (χ2n) is 5.35. The highest BCUT2D eigenvalue weighted by molar-refractivity contribution is 7.16. The molecule has 0 atom stereocenters. The summed E-state index contributed by atoms with van der Waals surface area (Å²) in [6.07, 6.45) is 3.97. The summed E-state index contributed by atoms with van der Waals surface area (Å²) in [5.41, 5.74) is -0.578. The molecule has 3 rings (SSSR count). The number of fused-ring (bicyclic) bond motifs is 1. The largest absolute Gasteiger partial charge is 0.388 e. The Morgan fingerprint density at radius 1 is 1.30 bits per heavy atom. The number of anilines is 2. The molecule has 0 unspecified atom stereocenters. The second kappa shape index (κ2) is 5.54. The minimum Gasteiger partial charge on any atom is -0.388 e. The molecule has 0 bridgehead atoms. The van der Waals surface area contributed by atoms with Gasteiger partial charge < -0.3 is 15.7 Å². The molecule has 1 aliphatic carbocycles. The second-order valence-corrected chi connectivity index (χ2v) is 6.25. The molecular formula is C14H20N4OS. The first-order valence-corrected chi connectivity index (χ1v) is 8.03. The third kappa shape index (κ3) is 2.71. The lowest BCUT2D eigenvalue weighted by molar-refractivity contribution is 0.0614. The van der Waals surface area contributed by atoms with Crippen molar-refractivity contribution < 1.29 is 5.11 Å². The number of aliphatic hydroxyl groups is 1. The van der Waals surface area contributed by atoms with E-state index in [1.165, 1.54) is 0 Å². The van der Waals surface area contributed by atoms with E-state index in [4.69, 9.17) is 0 Å². The molecule has 5 nitrogen and oxygen atoms in total. The molecule has 20 heavy (non-hydrogen) atoms. The van der Waals surface area contributed by atoms with Crippen molar-refractivity contribution in [2.45, 2.75) is 38.2 Å². The summed E-state index contributed by atoms with van der Waals surface area (Å²) in [6, 6.07) is 2.02. The molecule has 0 aliphatic heterocycles. The molecule has 0 spiro atoms. The van der Waals surface area contributed by atoms with Crippen molar-refractivity contribution in [2.75, 3.05) is 23.7 Å². The molecular weight excluding hydrogens is 272 g/mol. The lowest BCUT2D eigenvalue weighted by Crippen LogP contribution is -2.33. The van der Waals surface area contributed by atoms with E-state index in [0.29, 0.717) is 12.5 Å². The Morgan fingerprint density at radius 2 is 2.10 bits per heavy atom. The average molecular weight is 292 g/mol. The number of nitrogens with zero attached hydrogens (tertiary/aromatic N) is 2. The van der Waals surface area contributed by atoms with E-state index in [9.17, 15) is 5.11 Å². The molecule has 2 aromatic rings. The molecule has 108 valence electrons. The Morgan fingerprint density at radius 3 is 2.85 bits per heavy atom. The molecule has 2 heterocycles. The molecule has 0 aromatic carbocycles. The minimum absolute atomic E-state index is 0.556. The first-order valence-electron chi connectivity index (χ1n) is 7.15. The van der Waals surface area contributed by atoms with Gasteiger partial charge in [-0.05, 0) is 31.2 Å². The fourth-order valence-corrected chi connectivity index (χ4v) is 3.45. The highest BCUT2D eigenvalue weighted by Gasteiger charge is 2.31. The van der Waals surface area contributed by atoms with Crippen molar-refractivity contribution in [3.8, 4) is 0 Å². The van der Waals surface area contributed by atoms with Crippen LogP contribution < -0.4 is 10.6 Å². The Kier molecular flexibility index (Phi) is 3.76. The quantitative estimate of drug-likeness (QED) is 0.790. The van der Waals surface area contributed by atoms with E-state index in [2.05, 4.69) is 20.6 Å². The molecule has 3 N–H and O–H groups in total. The van der Waals surface area contributed by atoms with Gasteiger partial charge in [0.2, 0.25) is 5.95 Å². The van der Waals surface area contributed by atoms with Crippen LogP contribution in [0.3, 0.4) is 0 Å². The predicted octanol–water partition coefficient (Wildman–Crippen LogP) is 2.84. The van der Waals surface area contributed by atoms with E-state index in [1.807, 2.05) is 18.4 Å². The zero-order valence-electron chi connectivity index (χ0n) is 11.6. The van der Waals surface area contributed by atoms with Crippen LogP contribution in [0.2, 0.25) is 0 Å². The van der Waals surface area contributed by atoms with E-state index >= 15 is 0 Å². The monoisotopic (exact) mass is 292 g/mol. The summed E-state index contributed by atoms with van der Waals surface area (Å²) in [5.74, 6) is 1.45. The maximum Gasteiger partial charge on any atom is 0.226 e. The molecule has 0 radical (unpaired) electrons. The zero-order chi connectivity index (χ0) is 14.0. The van der Waals surface area contributed by atoms with Crippen LogP contribution in [-0.2, 0) is 0 Å². The number of nitrogens with one attached hydrogen (secondary N) is 2. The van der Waals surface area contributed by atoms with Gasteiger partial charge in [0.1, 0.15) is 10.6 Å². The number of aromatic nitrogens is 2. The topological polar surface area (TPSA) is 70.1 Å². The SMILES string of the molecule is CCNc1nc(NCC2(O)CCCC2)c2ccsc2n1. The third-order valence-electron chi connectivity index (χ3n) is 3.78. The fourth-order valence-electron chi connectivity index (χ4n) is 2.69. The molecule has 1 aliphatic rings. The first kappa shape index (κ1) is 13.6. The van der Waals surface area contributed by atoms with Gasteiger partial charge in [-0.15, -0.1) is 11.3 Å². The highest BCUT2D eigenvalue weighted by atomic mass is 32.1. The Balaban J connectivity index is 1.83. The molecule has 2 aromatic heterocycles. The van der Waals surface area contributed by atoms with Crippen LogP contribution in [0.4, 0.5) is 11.8 Å². The van der Waals surface area contributed by atoms with Gasteiger partial charge in [0, 0.05) is 13.1 Å². The van der Waals surface area contributed by atoms with Crippen LogP contribution in [-0.4, -0.2) is 33.8 Å². The van der Waals surface area contributed by atoms with Gasteiger partial charge in [0.05, 0.1) is 11.0 Å². The van der Waals surface area contributed by atoms with Crippen LogP contribution in [0.25, 0.3) is 10.2 Å². The Hall–Kier alpha value is -1.40. The molecule has 0 amide bonds. The summed E-state index contributed by atoms with van der Waals surface area (Å²) in [5, 5.41) is 19.9. The van der Waals surface area contributed by atoms with E-state index < -0.39 is 5.60 Å². The van der Waals surface area contributed by atoms with Crippen LogP contribution in [0, 0.1) is 0 Å². The van der Waals surface area contributed by atoms with Crippen molar-refractivity contribution in [1.82, 2.24) is 9.97 Å². The van der Waals surface area contributed by atoms with Crippen molar-refractivity contribution in [3.63, 3.8) is 0 Å². The van der Waals surface area contributed by atoms with E-state index in [-0.39, 0.29) is 0 Å². The summed E-state index contributed by atoms with van der Waals surface area (Å²) in [6.45, 7) is 3.37. The van der Waals surface area contributed by atoms with Crippen molar-refractivity contribution in [2.24, 2.45) is 0 Å². The highest BCUT2D eigenvalue weighted by Crippen LogP contribution is 2.31. The standard InChI is InChI=1S/C14H20N4OS/c1-2-15-13-17-11(10-5-8-20-12(10)18-13)16-9-14(19)6-3-4-7-14/h5,8,19H,2-4,6-7,9H2,1H3,(H2,15,16,17,18). The number of hydrogen-bond donors (Lipinski definition) is 3. The lowest BCUT2D eigenvalue weighted by atomic mass is 10.0. The van der Waals surface area contributed by atoms with Crippen molar-refractivity contribution in [3.05, 3.63) is 11.4 Å². The summed E-state index contributed by atoms with van der Waals surface area (Å²) < 4.78 is 0. The normalized spacial score (nSPS) is 17.5. The fraction of sp³-hybridized carbons (Fsp3) is 0.571. The van der Waals surface area contributed by atoms with Crippen LogP contribution in [0.15, 0.2) is 11.4 Å². The predicted molar refractivity (Wildman–Crippen MR) is 83.5 cm³/mol. The van der Waals surface area contributed by atoms with Gasteiger partial charge in [0.25, 0.3) is 0 Å². The van der Waals surface area contributed by atoms with E-state index in [0.717, 1.165) is 48.3 Å². The number of thiophene rings is 1. The van der Waals surface area contributed by atoms with Gasteiger partial charge >= 0.3 is 0 Å². The smallest absolute Gasteiger partial charge is 0.226 e. The summed E-state index contributed by atoms with van der Waals surface area (Å²) >= 11 is 1.61. The van der Waals surface area contributed by atoms with E-state index in [1.54, 1.807) is 11.3 Å².